The van der Waals surface area contributed by atoms with E-state index in [1.807, 2.05) is 17.0 Å². The normalized spacial score (nSPS) is 17.9. The lowest BCUT2D eigenvalue weighted by Crippen LogP contribution is -2.48. The Balaban J connectivity index is 1.67. The summed E-state index contributed by atoms with van der Waals surface area (Å²) >= 11 is 9.46. The summed E-state index contributed by atoms with van der Waals surface area (Å²) in [5, 5.41) is 3.58. The van der Waals surface area contributed by atoms with Crippen molar-refractivity contribution < 1.29 is 9.53 Å². The van der Waals surface area contributed by atoms with E-state index in [-0.39, 0.29) is 6.03 Å². The number of urea groups is 1. The van der Waals surface area contributed by atoms with Crippen molar-refractivity contribution in [2.24, 2.45) is 0 Å². The highest BCUT2D eigenvalue weighted by molar-refractivity contribution is 9.10. The van der Waals surface area contributed by atoms with Crippen LogP contribution in [0.5, 0.6) is 5.75 Å². The summed E-state index contributed by atoms with van der Waals surface area (Å²) in [6.07, 6.45) is 5.23. The highest BCUT2D eigenvalue weighted by Crippen LogP contribution is 2.27. The Kier molecular flexibility index (Phi) is 7.50. The van der Waals surface area contributed by atoms with Crippen molar-refractivity contribution in [2.75, 3.05) is 19.7 Å². The van der Waals surface area contributed by atoms with Crippen LogP contribution in [0, 0.1) is 0 Å². The second-order valence-electron chi connectivity index (χ2n) is 5.76. The molecule has 1 aromatic rings. The smallest absolute Gasteiger partial charge is 0.317 e. The minimum atomic E-state index is 0.0539. The Labute approximate surface area is 151 Å². The van der Waals surface area contributed by atoms with Crippen LogP contribution in [-0.2, 0) is 0 Å². The number of ether oxygens (including phenoxy) is 1. The van der Waals surface area contributed by atoms with Gasteiger partial charge in [-0.15, -0.1) is 0 Å². The fourth-order valence-corrected chi connectivity index (χ4v) is 3.56. The Bertz CT molecular complexity index is 527. The lowest BCUT2D eigenvalue weighted by atomic mass is 10.0. The van der Waals surface area contributed by atoms with Crippen LogP contribution in [0.25, 0.3) is 0 Å². The zero-order valence-corrected chi connectivity index (χ0v) is 15.8. The molecule has 1 saturated heterocycles. The van der Waals surface area contributed by atoms with Gasteiger partial charge in [0.2, 0.25) is 0 Å². The number of piperidine rings is 1. The summed E-state index contributed by atoms with van der Waals surface area (Å²) in [7, 11) is 0. The van der Waals surface area contributed by atoms with Crippen molar-refractivity contribution in [3.05, 3.63) is 27.7 Å². The maximum Gasteiger partial charge on any atom is 0.317 e. The molecule has 6 heteroatoms. The summed E-state index contributed by atoms with van der Waals surface area (Å²) in [4.78, 5) is 14.2. The zero-order valence-electron chi connectivity index (χ0n) is 13.5. The predicted octanol–water partition coefficient (Wildman–Crippen LogP) is 4.85. The number of carbonyl (C=O) groups is 1. The van der Waals surface area contributed by atoms with Crippen molar-refractivity contribution >= 4 is 33.6 Å². The molecule has 0 aromatic heterocycles. The molecule has 4 nitrogen and oxygen atoms in total. The van der Waals surface area contributed by atoms with Crippen molar-refractivity contribution in [2.45, 2.75) is 45.1 Å². The Morgan fingerprint density at radius 2 is 2.30 bits per heavy atom. The zero-order chi connectivity index (χ0) is 16.7. The van der Waals surface area contributed by atoms with Gasteiger partial charge in [0.15, 0.2) is 0 Å². The van der Waals surface area contributed by atoms with Crippen LogP contribution in [0.2, 0.25) is 5.02 Å². The maximum atomic E-state index is 12.2. The molecule has 1 unspecified atom stereocenters. The third kappa shape index (κ3) is 5.57. The molecule has 0 radical (unpaired) electrons. The van der Waals surface area contributed by atoms with Gasteiger partial charge >= 0.3 is 6.03 Å². The van der Waals surface area contributed by atoms with E-state index in [0.29, 0.717) is 30.0 Å². The van der Waals surface area contributed by atoms with Gasteiger partial charge in [-0.3, -0.25) is 0 Å². The summed E-state index contributed by atoms with van der Waals surface area (Å²) in [6.45, 7) is 4.15. The standard InChI is InChI=1S/C17H24BrClN2O2/c1-2-14-6-3-4-10-21(14)17(22)20-9-5-11-23-16-8-7-13(18)12-15(16)19/h7-8,12,14H,2-6,9-11H2,1H3,(H,20,22). The molecule has 128 valence electrons. The number of nitrogens with one attached hydrogen (secondary N) is 1. The Hall–Kier alpha value is -0.940. The van der Waals surface area contributed by atoms with Crippen LogP contribution in [0.4, 0.5) is 4.79 Å². The third-order valence-electron chi connectivity index (χ3n) is 4.11. The number of rotatable bonds is 6. The van der Waals surface area contributed by atoms with Crippen molar-refractivity contribution in [3.63, 3.8) is 0 Å². The molecule has 1 aromatic carbocycles. The topological polar surface area (TPSA) is 41.6 Å². The van der Waals surface area contributed by atoms with Crippen LogP contribution in [0.1, 0.15) is 39.0 Å². The van der Waals surface area contributed by atoms with Gasteiger partial charge in [-0.25, -0.2) is 4.79 Å². The molecule has 1 N–H and O–H groups in total. The van der Waals surface area contributed by atoms with Crippen LogP contribution in [-0.4, -0.2) is 36.7 Å². The molecule has 23 heavy (non-hydrogen) atoms. The lowest BCUT2D eigenvalue weighted by molar-refractivity contribution is 0.148. The quantitative estimate of drug-likeness (QED) is 0.690. The molecule has 0 spiro atoms. The first-order valence-electron chi connectivity index (χ1n) is 8.24. The van der Waals surface area contributed by atoms with Crippen molar-refractivity contribution in [3.8, 4) is 5.75 Å². The molecule has 1 aliphatic heterocycles. The van der Waals surface area contributed by atoms with Gasteiger partial charge in [0.05, 0.1) is 11.6 Å². The van der Waals surface area contributed by atoms with Gasteiger partial charge in [-0.2, -0.15) is 0 Å². The number of amides is 2. The van der Waals surface area contributed by atoms with Crippen LogP contribution in [0.3, 0.4) is 0 Å². The van der Waals surface area contributed by atoms with E-state index in [1.54, 1.807) is 6.07 Å². The monoisotopic (exact) mass is 402 g/mol. The summed E-state index contributed by atoms with van der Waals surface area (Å²) in [5.41, 5.74) is 0. The van der Waals surface area contributed by atoms with E-state index in [9.17, 15) is 4.79 Å². The van der Waals surface area contributed by atoms with Crippen molar-refractivity contribution in [1.29, 1.82) is 0 Å². The van der Waals surface area contributed by atoms with E-state index >= 15 is 0 Å². The van der Waals surface area contributed by atoms with E-state index in [0.717, 1.165) is 36.7 Å². The third-order valence-corrected chi connectivity index (χ3v) is 4.90. The number of hydrogen-bond acceptors (Lipinski definition) is 2. The predicted molar refractivity (Wildman–Crippen MR) is 97.3 cm³/mol. The molecular weight excluding hydrogens is 380 g/mol. The van der Waals surface area contributed by atoms with Crippen LogP contribution >= 0.6 is 27.5 Å². The summed E-state index contributed by atoms with van der Waals surface area (Å²) < 4.78 is 6.57. The van der Waals surface area contributed by atoms with E-state index < -0.39 is 0 Å². The molecule has 0 bridgehead atoms. The molecule has 1 atom stereocenters. The average Bonchev–Trinajstić information content (AvgIpc) is 2.56. The summed E-state index contributed by atoms with van der Waals surface area (Å²) in [5.74, 6) is 0.670. The van der Waals surface area contributed by atoms with Crippen LogP contribution in [0.15, 0.2) is 22.7 Å². The molecule has 2 rings (SSSR count). The molecule has 0 saturated carbocycles. The highest BCUT2D eigenvalue weighted by atomic mass is 79.9. The van der Waals surface area contributed by atoms with E-state index in [1.165, 1.54) is 6.42 Å². The number of likely N-dealkylation sites (tertiary alicyclic amines) is 1. The Morgan fingerprint density at radius 3 is 3.04 bits per heavy atom. The molecular formula is C17H24BrClN2O2. The largest absolute Gasteiger partial charge is 0.492 e. The van der Waals surface area contributed by atoms with Gasteiger partial charge < -0.3 is 15.0 Å². The molecule has 0 aliphatic carbocycles. The van der Waals surface area contributed by atoms with Gasteiger partial charge in [0.1, 0.15) is 5.75 Å². The summed E-state index contributed by atoms with van der Waals surface area (Å²) in [6, 6.07) is 5.98. The molecule has 1 heterocycles. The second-order valence-corrected chi connectivity index (χ2v) is 7.08. The number of nitrogens with zero attached hydrogens (tertiary/aromatic N) is 1. The highest BCUT2D eigenvalue weighted by Gasteiger charge is 2.24. The number of benzene rings is 1. The lowest BCUT2D eigenvalue weighted by Gasteiger charge is -2.35. The molecule has 2 amide bonds. The molecule has 1 fully saturated rings. The Morgan fingerprint density at radius 1 is 1.48 bits per heavy atom. The van der Waals surface area contributed by atoms with Crippen molar-refractivity contribution in [1.82, 2.24) is 10.2 Å². The number of halogens is 2. The van der Waals surface area contributed by atoms with Gasteiger partial charge in [-0.05, 0) is 50.3 Å². The average molecular weight is 404 g/mol. The first-order chi connectivity index (χ1) is 11.1. The van der Waals surface area contributed by atoms with Gasteiger partial charge in [0, 0.05) is 23.6 Å². The van der Waals surface area contributed by atoms with Gasteiger partial charge in [-0.1, -0.05) is 34.5 Å². The fraction of sp³-hybridized carbons (Fsp3) is 0.588. The molecule has 1 aliphatic rings. The van der Waals surface area contributed by atoms with Crippen LogP contribution < -0.4 is 10.1 Å². The fourth-order valence-electron chi connectivity index (χ4n) is 2.84. The van der Waals surface area contributed by atoms with Gasteiger partial charge in [0.25, 0.3) is 0 Å². The van der Waals surface area contributed by atoms with E-state index in [2.05, 4.69) is 28.2 Å². The number of hydrogen-bond donors (Lipinski definition) is 1. The minimum absolute atomic E-state index is 0.0539. The number of carbonyl (C=O) groups excluding carboxylic acids is 1. The first-order valence-corrected chi connectivity index (χ1v) is 9.41. The minimum Gasteiger partial charge on any atom is -0.492 e. The SMILES string of the molecule is CCC1CCCCN1C(=O)NCCCOc1ccc(Br)cc1Cl. The maximum absolute atomic E-state index is 12.2. The first kappa shape index (κ1) is 18.4. The van der Waals surface area contributed by atoms with E-state index in [4.69, 9.17) is 16.3 Å². The second kappa shape index (κ2) is 9.38.